The van der Waals surface area contributed by atoms with Gasteiger partial charge in [0.25, 0.3) is 15.9 Å². The maximum absolute atomic E-state index is 13.5. The zero-order valence-electron chi connectivity index (χ0n) is 20.3. The number of aryl methyl sites for hydroxylation is 2. The lowest BCUT2D eigenvalue weighted by Gasteiger charge is -2.34. The predicted molar refractivity (Wildman–Crippen MR) is 139 cm³/mol. The third-order valence-electron chi connectivity index (χ3n) is 6.76. The van der Waals surface area contributed by atoms with E-state index in [4.69, 9.17) is 4.74 Å². The van der Waals surface area contributed by atoms with Gasteiger partial charge in [0, 0.05) is 23.7 Å². The van der Waals surface area contributed by atoms with Crippen molar-refractivity contribution in [3.8, 4) is 17.1 Å². The predicted octanol–water partition coefficient (Wildman–Crippen LogP) is 4.65. The lowest BCUT2D eigenvalue weighted by atomic mass is 9.96. The molecule has 0 saturated heterocycles. The number of hydrogen-bond acceptors (Lipinski definition) is 6. The molecule has 1 amide bonds. The first-order valence-electron chi connectivity index (χ1n) is 11.9. The van der Waals surface area contributed by atoms with Crippen LogP contribution in [-0.4, -0.2) is 35.7 Å². The van der Waals surface area contributed by atoms with Crippen LogP contribution in [0.2, 0.25) is 0 Å². The molecule has 1 aromatic heterocycles. The van der Waals surface area contributed by atoms with Crippen molar-refractivity contribution >= 4 is 21.9 Å². The number of amides is 1. The molecule has 6 bridgehead atoms. The van der Waals surface area contributed by atoms with E-state index >= 15 is 0 Å². The van der Waals surface area contributed by atoms with Gasteiger partial charge in [0.2, 0.25) is 11.8 Å². The summed E-state index contributed by atoms with van der Waals surface area (Å²) in [6, 6.07) is 21.5. The Morgan fingerprint density at radius 1 is 0.946 bits per heavy atom. The number of ether oxygens (including phenoxy) is 1. The van der Waals surface area contributed by atoms with Gasteiger partial charge in [0.05, 0.1) is 17.1 Å². The molecule has 0 radical (unpaired) electrons. The average Bonchev–Trinajstić information content (AvgIpc) is 2.87. The molecule has 0 fully saturated rings. The molecule has 0 aliphatic carbocycles. The Kier molecular flexibility index (Phi) is 5.45. The van der Waals surface area contributed by atoms with Crippen LogP contribution >= 0.6 is 0 Å². The van der Waals surface area contributed by atoms with Gasteiger partial charge < -0.3 is 9.64 Å². The highest BCUT2D eigenvalue weighted by Gasteiger charge is 2.32. The minimum atomic E-state index is -4.08. The molecule has 8 nitrogen and oxygen atoms in total. The van der Waals surface area contributed by atoms with Crippen LogP contribution in [0.4, 0.5) is 5.95 Å². The molecule has 1 unspecified atom stereocenters. The molecule has 37 heavy (non-hydrogen) atoms. The maximum Gasteiger partial charge on any atom is 0.264 e. The third-order valence-corrected chi connectivity index (χ3v) is 8.08. The van der Waals surface area contributed by atoms with Crippen molar-refractivity contribution in [2.75, 3.05) is 11.3 Å². The molecular weight excluding hydrogens is 488 g/mol. The molecule has 0 spiro atoms. The third kappa shape index (κ3) is 4.21. The summed E-state index contributed by atoms with van der Waals surface area (Å²) in [4.78, 5) is 24.1. The number of sulfonamides is 1. The van der Waals surface area contributed by atoms with Gasteiger partial charge in [-0.3, -0.25) is 4.79 Å². The summed E-state index contributed by atoms with van der Waals surface area (Å²) in [5.41, 5.74) is 5.61. The number of nitrogens with zero attached hydrogens (tertiary/aromatic N) is 3. The summed E-state index contributed by atoms with van der Waals surface area (Å²) in [6.45, 7) is 4.64. The minimum Gasteiger partial charge on any atom is -0.467 e. The first kappa shape index (κ1) is 23.2. The number of anilines is 1. The monoisotopic (exact) mass is 512 g/mol. The van der Waals surface area contributed by atoms with Gasteiger partial charge in [-0.15, -0.1) is 0 Å². The molecular formula is C28H24N4O4S. The minimum absolute atomic E-state index is 0.0462. The smallest absolute Gasteiger partial charge is 0.264 e. The lowest BCUT2D eigenvalue weighted by Crippen LogP contribution is -2.40. The highest BCUT2D eigenvalue weighted by atomic mass is 32.2. The van der Waals surface area contributed by atoms with Crippen molar-refractivity contribution in [2.45, 2.75) is 31.4 Å². The van der Waals surface area contributed by atoms with Crippen molar-refractivity contribution in [1.29, 1.82) is 0 Å². The van der Waals surface area contributed by atoms with E-state index < -0.39 is 16.1 Å². The topological polar surface area (TPSA) is 101 Å². The first-order valence-corrected chi connectivity index (χ1v) is 13.4. The summed E-state index contributed by atoms with van der Waals surface area (Å²) in [7, 11) is -4.08. The number of nitrogens with one attached hydrogen (secondary N) is 1. The van der Waals surface area contributed by atoms with Gasteiger partial charge in [-0.2, -0.15) is 4.98 Å². The first-order chi connectivity index (χ1) is 17.8. The molecule has 1 N–H and O–H groups in total. The summed E-state index contributed by atoms with van der Waals surface area (Å²) in [5, 5.41) is 0. The zero-order chi connectivity index (χ0) is 25.7. The molecule has 0 saturated carbocycles. The van der Waals surface area contributed by atoms with Crippen molar-refractivity contribution in [3.05, 3.63) is 101 Å². The van der Waals surface area contributed by atoms with Crippen LogP contribution in [0.3, 0.4) is 0 Å². The number of hydrogen-bond donors (Lipinski definition) is 1. The number of aromatic nitrogens is 2. The van der Waals surface area contributed by atoms with E-state index in [2.05, 4.69) is 14.7 Å². The van der Waals surface area contributed by atoms with Gasteiger partial charge in [-0.25, -0.2) is 18.1 Å². The highest BCUT2D eigenvalue weighted by molar-refractivity contribution is 7.92. The van der Waals surface area contributed by atoms with Gasteiger partial charge in [-0.1, -0.05) is 48.5 Å². The molecule has 1 atom stereocenters. The maximum atomic E-state index is 13.5. The van der Waals surface area contributed by atoms with E-state index in [-0.39, 0.29) is 34.7 Å². The lowest BCUT2D eigenvalue weighted by molar-refractivity contribution is 0.0589. The second-order valence-corrected chi connectivity index (χ2v) is 11.0. The molecule has 3 heterocycles. The van der Waals surface area contributed by atoms with E-state index in [0.29, 0.717) is 12.2 Å². The molecule has 6 rings (SSSR count). The van der Waals surface area contributed by atoms with Crippen LogP contribution in [0.25, 0.3) is 11.3 Å². The van der Waals surface area contributed by atoms with Crippen LogP contribution in [0, 0.1) is 13.8 Å². The van der Waals surface area contributed by atoms with E-state index in [1.165, 1.54) is 12.1 Å². The Hall–Kier alpha value is -4.24. The van der Waals surface area contributed by atoms with Crippen LogP contribution < -0.4 is 9.46 Å². The summed E-state index contributed by atoms with van der Waals surface area (Å²) < 4.78 is 35.5. The molecule has 2 aliphatic heterocycles. The number of fused-ring (bicyclic) bond motifs is 8. The summed E-state index contributed by atoms with van der Waals surface area (Å²) >= 11 is 0. The van der Waals surface area contributed by atoms with Crippen molar-refractivity contribution in [1.82, 2.24) is 14.9 Å². The Balaban J connectivity index is 1.57. The normalized spacial score (nSPS) is 17.8. The van der Waals surface area contributed by atoms with E-state index in [1.807, 2.05) is 56.3 Å². The summed E-state index contributed by atoms with van der Waals surface area (Å²) in [6.07, 6.45) is -0.497. The van der Waals surface area contributed by atoms with E-state index in [0.717, 1.165) is 27.8 Å². The molecule has 186 valence electrons. The molecule has 3 aromatic carbocycles. The van der Waals surface area contributed by atoms with Crippen LogP contribution in [0.15, 0.2) is 77.7 Å². The SMILES string of the molecule is Cc1cccc(C)c1-c1cc2nc(n1)NS(=O)(=O)c1cccc(c1)C(=O)N1Cc3ccccc3C(C1)O2. The zero-order valence-corrected chi connectivity index (χ0v) is 21.1. The van der Waals surface area contributed by atoms with Crippen molar-refractivity contribution < 1.29 is 17.9 Å². The largest absolute Gasteiger partial charge is 0.467 e. The average molecular weight is 513 g/mol. The fraction of sp³-hybridized carbons (Fsp3) is 0.179. The highest BCUT2D eigenvalue weighted by Crippen LogP contribution is 2.34. The molecule has 4 aromatic rings. The Morgan fingerprint density at radius 2 is 1.70 bits per heavy atom. The number of rotatable bonds is 1. The Bertz CT molecular complexity index is 1650. The van der Waals surface area contributed by atoms with Crippen LogP contribution in [0.1, 0.15) is 38.7 Å². The fourth-order valence-electron chi connectivity index (χ4n) is 5.00. The Morgan fingerprint density at radius 3 is 2.51 bits per heavy atom. The van der Waals surface area contributed by atoms with Gasteiger partial charge in [0.1, 0.15) is 6.10 Å². The van der Waals surface area contributed by atoms with E-state index in [9.17, 15) is 13.2 Å². The van der Waals surface area contributed by atoms with Gasteiger partial charge in [-0.05, 0) is 54.3 Å². The number of carbonyl (C=O) groups is 1. The van der Waals surface area contributed by atoms with Crippen LogP contribution in [0.5, 0.6) is 5.88 Å². The second kappa shape index (κ2) is 8.70. The molecule has 9 heteroatoms. The molecule has 2 aliphatic rings. The fourth-order valence-corrected chi connectivity index (χ4v) is 5.99. The van der Waals surface area contributed by atoms with Crippen molar-refractivity contribution in [3.63, 3.8) is 0 Å². The van der Waals surface area contributed by atoms with Crippen molar-refractivity contribution in [2.24, 2.45) is 0 Å². The number of benzene rings is 3. The second-order valence-electron chi connectivity index (χ2n) is 9.31. The van der Waals surface area contributed by atoms with Gasteiger partial charge in [0.15, 0.2) is 0 Å². The number of carbonyl (C=O) groups excluding carboxylic acids is 1. The van der Waals surface area contributed by atoms with E-state index in [1.54, 1.807) is 23.1 Å². The van der Waals surface area contributed by atoms with Crippen LogP contribution in [-0.2, 0) is 16.6 Å². The Labute approximate surface area is 215 Å². The summed E-state index contributed by atoms with van der Waals surface area (Å²) in [5.74, 6) is -0.161. The van der Waals surface area contributed by atoms with Gasteiger partial charge >= 0.3 is 0 Å². The quantitative estimate of drug-likeness (QED) is 0.398. The standard InChI is InChI=1S/C28H24N4O4S/c1-17-7-5-8-18(2)26(17)23-14-25-30-28(29-23)31-37(34,35)21-11-6-10-19(13-21)27(33)32-15-20-9-3-4-12-22(20)24(16-32)36-25/h3-14,24H,15-16H2,1-2H3,(H,29,30,31).